The molecule has 1 N–H and O–H groups in total. The Morgan fingerprint density at radius 3 is 2.65 bits per heavy atom. The van der Waals surface area contributed by atoms with Gasteiger partial charge in [-0.1, -0.05) is 0 Å². The van der Waals surface area contributed by atoms with Crippen LogP contribution in [0.3, 0.4) is 0 Å². The van der Waals surface area contributed by atoms with E-state index in [0.717, 1.165) is 4.57 Å². The molecule has 1 fully saturated rings. The summed E-state index contributed by atoms with van der Waals surface area (Å²) in [6.45, 7) is 0.598. The van der Waals surface area contributed by atoms with Gasteiger partial charge < -0.3 is 9.88 Å². The molecule has 1 aliphatic heterocycles. The molecule has 1 aliphatic rings. The van der Waals surface area contributed by atoms with Gasteiger partial charge in [-0.05, 0) is 12.8 Å². The summed E-state index contributed by atoms with van der Waals surface area (Å²) in [5.41, 5.74) is -0.281. The summed E-state index contributed by atoms with van der Waals surface area (Å²) in [6, 6.07) is 0. The van der Waals surface area contributed by atoms with Crippen LogP contribution in [0, 0.1) is 0 Å². The number of rotatable bonds is 4. The molecule has 0 bridgehead atoms. The quantitative estimate of drug-likeness (QED) is 0.750. The first-order valence-corrected chi connectivity index (χ1v) is 8.22. The third kappa shape index (κ3) is 2.85. The van der Waals surface area contributed by atoms with Crippen LogP contribution in [-0.4, -0.2) is 35.1 Å². The lowest BCUT2D eigenvalue weighted by Crippen LogP contribution is -2.40. The van der Waals surface area contributed by atoms with Crippen molar-refractivity contribution in [1.29, 1.82) is 0 Å². The predicted molar refractivity (Wildman–Crippen MR) is 75.4 cm³/mol. The van der Waals surface area contributed by atoms with E-state index in [1.54, 1.807) is 7.05 Å². The SMILES string of the molecule is Cn1cc(CNCC2CCCS2(=O)=O)c(=O)n(C)c1=O. The van der Waals surface area contributed by atoms with Crippen molar-refractivity contribution >= 4 is 9.84 Å². The summed E-state index contributed by atoms with van der Waals surface area (Å²) < 4.78 is 25.7. The zero-order valence-electron chi connectivity index (χ0n) is 11.6. The second-order valence-electron chi connectivity index (χ2n) is 5.17. The van der Waals surface area contributed by atoms with Gasteiger partial charge in [0.1, 0.15) is 0 Å². The molecule has 0 saturated carbocycles. The predicted octanol–water partition coefficient (Wildman–Crippen LogP) is -1.25. The lowest BCUT2D eigenvalue weighted by Gasteiger charge is -2.11. The van der Waals surface area contributed by atoms with Crippen molar-refractivity contribution < 1.29 is 8.42 Å². The van der Waals surface area contributed by atoms with Crippen LogP contribution < -0.4 is 16.6 Å². The third-order valence-corrected chi connectivity index (χ3v) is 5.94. The Hall–Kier alpha value is -1.41. The van der Waals surface area contributed by atoms with Crippen molar-refractivity contribution in [3.05, 3.63) is 32.6 Å². The number of aromatic nitrogens is 2. The Kier molecular flexibility index (Phi) is 4.14. The van der Waals surface area contributed by atoms with Crippen LogP contribution in [-0.2, 0) is 30.5 Å². The standard InChI is InChI=1S/C12H19N3O4S/c1-14-8-9(11(16)15(2)12(14)17)6-13-7-10-4-3-5-20(10,18)19/h8,10,13H,3-7H2,1-2H3. The molecule has 0 aliphatic carbocycles. The molecular formula is C12H19N3O4S. The molecular weight excluding hydrogens is 282 g/mol. The molecule has 0 aromatic carbocycles. The van der Waals surface area contributed by atoms with E-state index in [-0.39, 0.29) is 28.8 Å². The zero-order valence-corrected chi connectivity index (χ0v) is 12.4. The number of hydrogen-bond acceptors (Lipinski definition) is 5. The first-order chi connectivity index (χ1) is 9.33. The summed E-state index contributed by atoms with van der Waals surface area (Å²) in [5.74, 6) is 0.251. The summed E-state index contributed by atoms with van der Waals surface area (Å²) in [7, 11) is 0.0265. The minimum Gasteiger partial charge on any atom is -0.311 e. The highest BCUT2D eigenvalue weighted by Crippen LogP contribution is 2.18. The normalized spacial score (nSPS) is 21.2. The van der Waals surface area contributed by atoms with E-state index >= 15 is 0 Å². The van der Waals surface area contributed by atoms with Crippen molar-refractivity contribution in [3.63, 3.8) is 0 Å². The van der Waals surface area contributed by atoms with Gasteiger partial charge in [0.2, 0.25) is 0 Å². The van der Waals surface area contributed by atoms with Crippen LogP contribution in [0.1, 0.15) is 18.4 Å². The highest BCUT2D eigenvalue weighted by molar-refractivity contribution is 7.92. The number of sulfone groups is 1. The summed E-state index contributed by atoms with van der Waals surface area (Å²) in [5, 5.41) is 2.64. The average molecular weight is 301 g/mol. The van der Waals surface area contributed by atoms with Gasteiger partial charge in [-0.3, -0.25) is 9.36 Å². The highest BCUT2D eigenvalue weighted by atomic mass is 32.2. The van der Waals surface area contributed by atoms with Crippen molar-refractivity contribution in [1.82, 2.24) is 14.5 Å². The number of nitrogens with zero attached hydrogens (tertiary/aromatic N) is 2. The molecule has 7 nitrogen and oxygen atoms in total. The Balaban J connectivity index is 2.06. The average Bonchev–Trinajstić information content (AvgIpc) is 2.72. The Labute approximate surface area is 117 Å². The minimum atomic E-state index is -2.98. The van der Waals surface area contributed by atoms with Gasteiger partial charge in [-0.15, -0.1) is 0 Å². The van der Waals surface area contributed by atoms with E-state index < -0.39 is 9.84 Å². The Morgan fingerprint density at radius 2 is 2.05 bits per heavy atom. The fourth-order valence-electron chi connectivity index (χ4n) is 2.46. The summed E-state index contributed by atoms with van der Waals surface area (Å²) >= 11 is 0. The van der Waals surface area contributed by atoms with Gasteiger partial charge in [0.15, 0.2) is 9.84 Å². The van der Waals surface area contributed by atoms with Crippen LogP contribution in [0.2, 0.25) is 0 Å². The molecule has 1 saturated heterocycles. The van der Waals surface area contributed by atoms with Crippen LogP contribution in [0.25, 0.3) is 0 Å². The van der Waals surface area contributed by atoms with Crippen LogP contribution in [0.15, 0.2) is 15.8 Å². The van der Waals surface area contributed by atoms with Gasteiger partial charge in [-0.25, -0.2) is 13.2 Å². The molecule has 1 unspecified atom stereocenters. The van der Waals surface area contributed by atoms with Gasteiger partial charge in [0, 0.05) is 38.9 Å². The van der Waals surface area contributed by atoms with Crippen molar-refractivity contribution in [2.45, 2.75) is 24.6 Å². The van der Waals surface area contributed by atoms with E-state index in [1.165, 1.54) is 17.8 Å². The van der Waals surface area contributed by atoms with E-state index in [4.69, 9.17) is 0 Å². The summed E-state index contributed by atoms with van der Waals surface area (Å²) in [4.78, 5) is 23.4. The number of hydrogen-bond donors (Lipinski definition) is 1. The van der Waals surface area contributed by atoms with E-state index in [9.17, 15) is 18.0 Å². The molecule has 0 radical (unpaired) electrons. The van der Waals surface area contributed by atoms with Gasteiger partial charge >= 0.3 is 5.69 Å². The second-order valence-corrected chi connectivity index (χ2v) is 7.57. The molecule has 8 heteroatoms. The topological polar surface area (TPSA) is 90.2 Å². The van der Waals surface area contributed by atoms with E-state index in [1.807, 2.05) is 0 Å². The molecule has 0 spiro atoms. The maximum Gasteiger partial charge on any atom is 0.330 e. The lowest BCUT2D eigenvalue weighted by molar-refractivity contribution is 0.569. The maximum atomic E-state index is 11.9. The molecule has 2 rings (SSSR count). The van der Waals surface area contributed by atoms with Gasteiger partial charge in [-0.2, -0.15) is 0 Å². The molecule has 1 aromatic rings. The zero-order chi connectivity index (χ0) is 14.9. The molecule has 0 amide bonds. The Morgan fingerprint density at radius 1 is 1.35 bits per heavy atom. The number of aryl methyl sites for hydroxylation is 1. The fraction of sp³-hybridized carbons (Fsp3) is 0.667. The minimum absolute atomic E-state index is 0.251. The van der Waals surface area contributed by atoms with Crippen LogP contribution >= 0.6 is 0 Å². The van der Waals surface area contributed by atoms with Gasteiger partial charge in [0.05, 0.1) is 11.0 Å². The summed E-state index contributed by atoms with van der Waals surface area (Å²) in [6.07, 6.45) is 2.86. The fourth-order valence-corrected chi connectivity index (χ4v) is 4.26. The molecule has 20 heavy (non-hydrogen) atoms. The van der Waals surface area contributed by atoms with Gasteiger partial charge in [0.25, 0.3) is 5.56 Å². The van der Waals surface area contributed by atoms with Crippen LogP contribution in [0.4, 0.5) is 0 Å². The first kappa shape index (κ1) is 15.0. The molecule has 1 aromatic heterocycles. The van der Waals surface area contributed by atoms with Crippen molar-refractivity contribution in [2.24, 2.45) is 14.1 Å². The highest BCUT2D eigenvalue weighted by Gasteiger charge is 2.30. The molecule has 1 atom stereocenters. The van der Waals surface area contributed by atoms with E-state index in [0.29, 0.717) is 24.9 Å². The molecule has 2 heterocycles. The second kappa shape index (κ2) is 5.53. The van der Waals surface area contributed by atoms with Crippen LogP contribution in [0.5, 0.6) is 0 Å². The molecule has 112 valence electrons. The van der Waals surface area contributed by atoms with Crippen molar-refractivity contribution in [3.8, 4) is 0 Å². The Bertz CT molecular complexity index is 717. The van der Waals surface area contributed by atoms with E-state index in [2.05, 4.69) is 5.32 Å². The monoisotopic (exact) mass is 301 g/mol. The number of nitrogens with one attached hydrogen (secondary N) is 1. The largest absolute Gasteiger partial charge is 0.330 e. The third-order valence-electron chi connectivity index (χ3n) is 3.67. The van der Waals surface area contributed by atoms with Crippen molar-refractivity contribution in [2.75, 3.05) is 12.3 Å². The maximum absolute atomic E-state index is 11.9. The lowest BCUT2D eigenvalue weighted by atomic mass is 10.2. The smallest absolute Gasteiger partial charge is 0.311 e. The first-order valence-electron chi connectivity index (χ1n) is 6.51.